The third kappa shape index (κ3) is 4.08. The summed E-state index contributed by atoms with van der Waals surface area (Å²) in [5.41, 5.74) is -0.311. The summed E-state index contributed by atoms with van der Waals surface area (Å²) >= 11 is 0. The summed E-state index contributed by atoms with van der Waals surface area (Å²) in [5, 5.41) is 12.2. The predicted octanol–water partition coefficient (Wildman–Crippen LogP) is 1.61. The topological polar surface area (TPSA) is 39.1 Å². The standard InChI is InChI=1S/C11H23N3/c1-5-11(10-12,13-3)8-7-9-14(4)6-2/h13H,5-9H2,1-4H3. The molecule has 0 aliphatic carbocycles. The Morgan fingerprint density at radius 1 is 1.43 bits per heavy atom. The van der Waals surface area contributed by atoms with Gasteiger partial charge in [0.2, 0.25) is 0 Å². The Morgan fingerprint density at radius 2 is 2.07 bits per heavy atom. The lowest BCUT2D eigenvalue weighted by Crippen LogP contribution is -2.41. The molecule has 1 atom stereocenters. The van der Waals surface area contributed by atoms with Crippen LogP contribution in [0.4, 0.5) is 0 Å². The van der Waals surface area contributed by atoms with Crippen LogP contribution in [0, 0.1) is 11.3 Å². The Bertz CT molecular complexity index is 179. The minimum absolute atomic E-state index is 0.311. The molecule has 3 nitrogen and oxygen atoms in total. The first-order chi connectivity index (χ1) is 6.64. The van der Waals surface area contributed by atoms with E-state index in [2.05, 4.69) is 37.2 Å². The molecule has 0 fully saturated rings. The highest BCUT2D eigenvalue weighted by Gasteiger charge is 2.24. The van der Waals surface area contributed by atoms with Gasteiger partial charge in [0.25, 0.3) is 0 Å². The van der Waals surface area contributed by atoms with Crippen LogP contribution in [0.3, 0.4) is 0 Å². The van der Waals surface area contributed by atoms with Crippen LogP contribution >= 0.6 is 0 Å². The van der Waals surface area contributed by atoms with Gasteiger partial charge in [-0.15, -0.1) is 0 Å². The van der Waals surface area contributed by atoms with E-state index in [0.29, 0.717) is 0 Å². The van der Waals surface area contributed by atoms with Gasteiger partial charge >= 0.3 is 0 Å². The second-order valence-corrected chi connectivity index (χ2v) is 3.80. The van der Waals surface area contributed by atoms with E-state index in [1.165, 1.54) is 0 Å². The Labute approximate surface area is 88.1 Å². The Morgan fingerprint density at radius 3 is 2.43 bits per heavy atom. The van der Waals surface area contributed by atoms with Crippen molar-refractivity contribution in [2.75, 3.05) is 27.2 Å². The third-order valence-electron chi connectivity index (χ3n) is 2.98. The molecule has 0 heterocycles. The quantitative estimate of drug-likeness (QED) is 0.674. The van der Waals surface area contributed by atoms with Crippen LogP contribution in [0.2, 0.25) is 0 Å². The van der Waals surface area contributed by atoms with Crippen LogP contribution in [0.1, 0.15) is 33.1 Å². The zero-order valence-corrected chi connectivity index (χ0v) is 9.93. The van der Waals surface area contributed by atoms with Crippen molar-refractivity contribution in [1.82, 2.24) is 10.2 Å². The highest BCUT2D eigenvalue weighted by atomic mass is 15.1. The molecule has 0 aromatic rings. The molecule has 0 bridgehead atoms. The normalized spacial score (nSPS) is 15.1. The molecule has 0 aromatic carbocycles. The van der Waals surface area contributed by atoms with E-state index in [0.717, 1.165) is 32.4 Å². The van der Waals surface area contributed by atoms with Gasteiger partial charge in [0.05, 0.1) is 6.07 Å². The number of hydrogen-bond acceptors (Lipinski definition) is 3. The lowest BCUT2D eigenvalue weighted by atomic mass is 9.92. The maximum Gasteiger partial charge on any atom is 0.106 e. The summed E-state index contributed by atoms with van der Waals surface area (Å²) in [6.45, 7) is 6.35. The zero-order chi connectivity index (χ0) is 11.0. The molecule has 3 heteroatoms. The molecule has 0 radical (unpaired) electrons. The van der Waals surface area contributed by atoms with Crippen LogP contribution in [-0.4, -0.2) is 37.6 Å². The minimum atomic E-state index is -0.311. The van der Waals surface area contributed by atoms with Crippen molar-refractivity contribution in [3.63, 3.8) is 0 Å². The lowest BCUT2D eigenvalue weighted by molar-refractivity contribution is 0.311. The molecular weight excluding hydrogens is 174 g/mol. The second-order valence-electron chi connectivity index (χ2n) is 3.80. The molecule has 0 amide bonds. The fourth-order valence-electron chi connectivity index (χ4n) is 1.48. The molecule has 0 aliphatic rings. The molecule has 0 saturated carbocycles. The molecule has 1 unspecified atom stereocenters. The Hall–Kier alpha value is -0.590. The van der Waals surface area contributed by atoms with Crippen molar-refractivity contribution >= 4 is 0 Å². The molecule has 0 spiro atoms. The summed E-state index contributed by atoms with van der Waals surface area (Å²) in [6.07, 6.45) is 2.88. The van der Waals surface area contributed by atoms with Crippen molar-refractivity contribution in [1.29, 1.82) is 5.26 Å². The third-order valence-corrected chi connectivity index (χ3v) is 2.98. The number of nitriles is 1. The SMILES string of the molecule is CCN(C)CCCC(C#N)(CC)NC. The predicted molar refractivity (Wildman–Crippen MR) is 60.1 cm³/mol. The first-order valence-corrected chi connectivity index (χ1v) is 5.42. The van der Waals surface area contributed by atoms with E-state index in [1.54, 1.807) is 0 Å². The highest BCUT2D eigenvalue weighted by Crippen LogP contribution is 2.15. The van der Waals surface area contributed by atoms with Crippen molar-refractivity contribution < 1.29 is 0 Å². The molecule has 0 saturated heterocycles. The fourth-order valence-corrected chi connectivity index (χ4v) is 1.48. The summed E-state index contributed by atoms with van der Waals surface area (Å²) in [4.78, 5) is 2.27. The van der Waals surface area contributed by atoms with Gasteiger partial charge in [0.15, 0.2) is 0 Å². The molecule has 0 aromatic heterocycles. The van der Waals surface area contributed by atoms with Gasteiger partial charge in [0.1, 0.15) is 5.54 Å². The van der Waals surface area contributed by atoms with Crippen LogP contribution < -0.4 is 5.32 Å². The maximum absolute atomic E-state index is 9.07. The van der Waals surface area contributed by atoms with Crippen molar-refractivity contribution in [2.24, 2.45) is 0 Å². The van der Waals surface area contributed by atoms with Gasteiger partial charge in [-0.3, -0.25) is 0 Å². The van der Waals surface area contributed by atoms with E-state index < -0.39 is 0 Å². The number of rotatable bonds is 7. The molecule has 0 aliphatic heterocycles. The smallest absolute Gasteiger partial charge is 0.106 e. The van der Waals surface area contributed by atoms with Crippen LogP contribution in [0.5, 0.6) is 0 Å². The number of nitrogens with one attached hydrogen (secondary N) is 1. The molecule has 14 heavy (non-hydrogen) atoms. The highest BCUT2D eigenvalue weighted by molar-refractivity contribution is 5.05. The summed E-state index contributed by atoms with van der Waals surface area (Å²) in [6, 6.07) is 2.38. The molecule has 0 rings (SSSR count). The first kappa shape index (κ1) is 13.4. The van der Waals surface area contributed by atoms with Gasteiger partial charge in [0, 0.05) is 0 Å². The first-order valence-electron chi connectivity index (χ1n) is 5.42. The van der Waals surface area contributed by atoms with Gasteiger partial charge in [-0.1, -0.05) is 13.8 Å². The van der Waals surface area contributed by atoms with Gasteiger partial charge in [-0.2, -0.15) is 5.26 Å². The van der Waals surface area contributed by atoms with E-state index in [9.17, 15) is 0 Å². The fraction of sp³-hybridized carbons (Fsp3) is 0.909. The zero-order valence-electron chi connectivity index (χ0n) is 9.93. The van der Waals surface area contributed by atoms with Crippen LogP contribution in [0.25, 0.3) is 0 Å². The van der Waals surface area contributed by atoms with Crippen LogP contribution in [0.15, 0.2) is 0 Å². The Kier molecular flexibility index (Phi) is 6.52. The van der Waals surface area contributed by atoms with E-state index in [1.807, 2.05) is 7.05 Å². The summed E-state index contributed by atoms with van der Waals surface area (Å²) in [7, 11) is 3.98. The van der Waals surface area contributed by atoms with Crippen molar-refractivity contribution in [3.05, 3.63) is 0 Å². The van der Waals surface area contributed by atoms with E-state index in [-0.39, 0.29) is 5.54 Å². The second kappa shape index (κ2) is 6.80. The Balaban J connectivity index is 3.90. The van der Waals surface area contributed by atoms with Crippen LogP contribution in [-0.2, 0) is 0 Å². The molecular formula is C11H23N3. The summed E-state index contributed by atoms with van der Waals surface area (Å²) < 4.78 is 0. The summed E-state index contributed by atoms with van der Waals surface area (Å²) in [5.74, 6) is 0. The van der Waals surface area contributed by atoms with Gasteiger partial charge in [-0.05, 0) is 46.4 Å². The lowest BCUT2D eigenvalue weighted by Gasteiger charge is -2.25. The maximum atomic E-state index is 9.07. The van der Waals surface area contributed by atoms with Gasteiger partial charge in [-0.25, -0.2) is 0 Å². The largest absolute Gasteiger partial charge is 0.307 e. The molecule has 1 N–H and O–H groups in total. The van der Waals surface area contributed by atoms with Gasteiger partial charge < -0.3 is 10.2 Å². The van der Waals surface area contributed by atoms with Crippen molar-refractivity contribution in [3.8, 4) is 6.07 Å². The van der Waals surface area contributed by atoms with Crippen molar-refractivity contribution in [2.45, 2.75) is 38.6 Å². The van der Waals surface area contributed by atoms with E-state index in [4.69, 9.17) is 5.26 Å². The number of hydrogen-bond donors (Lipinski definition) is 1. The molecule has 82 valence electrons. The van der Waals surface area contributed by atoms with E-state index >= 15 is 0 Å². The number of nitrogens with zero attached hydrogens (tertiary/aromatic N) is 2. The minimum Gasteiger partial charge on any atom is -0.307 e. The average molecular weight is 197 g/mol. The monoisotopic (exact) mass is 197 g/mol. The average Bonchev–Trinajstić information content (AvgIpc) is 2.25.